The molecular weight excluding hydrogens is 187 g/mol. The standard InChI is InChI=1S/C10H11FO3/c1-14-10-6-9(13)7(3-2-4-12)5-8(10)11/h4-6,13H,2-3H2,1H3. The van der Waals surface area contributed by atoms with Crippen molar-refractivity contribution in [3.05, 3.63) is 23.5 Å². The van der Waals surface area contributed by atoms with Crippen LogP contribution in [0.1, 0.15) is 12.0 Å². The second kappa shape index (κ2) is 4.60. The molecule has 0 spiro atoms. The quantitative estimate of drug-likeness (QED) is 0.748. The van der Waals surface area contributed by atoms with Crippen molar-refractivity contribution in [1.82, 2.24) is 0 Å². The van der Waals surface area contributed by atoms with E-state index in [0.717, 1.165) is 6.29 Å². The van der Waals surface area contributed by atoms with Gasteiger partial charge in [0.05, 0.1) is 7.11 Å². The Morgan fingerprint density at radius 3 is 2.86 bits per heavy atom. The molecule has 14 heavy (non-hydrogen) atoms. The van der Waals surface area contributed by atoms with Gasteiger partial charge in [-0.25, -0.2) is 4.39 Å². The summed E-state index contributed by atoms with van der Waals surface area (Å²) in [5.41, 5.74) is 0.412. The first-order chi connectivity index (χ1) is 6.69. The maximum Gasteiger partial charge on any atom is 0.165 e. The van der Waals surface area contributed by atoms with Gasteiger partial charge in [-0.05, 0) is 18.1 Å². The van der Waals surface area contributed by atoms with Crippen molar-refractivity contribution in [3.63, 3.8) is 0 Å². The number of hydrogen-bond donors (Lipinski definition) is 1. The Kier molecular flexibility index (Phi) is 3.45. The largest absolute Gasteiger partial charge is 0.508 e. The average Bonchev–Trinajstić information content (AvgIpc) is 2.18. The summed E-state index contributed by atoms with van der Waals surface area (Å²) in [4.78, 5) is 10.1. The number of carbonyl (C=O) groups is 1. The molecule has 0 fully saturated rings. The molecule has 0 saturated heterocycles. The second-order valence-electron chi connectivity index (χ2n) is 2.82. The van der Waals surface area contributed by atoms with Gasteiger partial charge in [-0.15, -0.1) is 0 Å². The Morgan fingerprint density at radius 2 is 2.29 bits per heavy atom. The van der Waals surface area contributed by atoms with Gasteiger partial charge in [0.2, 0.25) is 0 Å². The van der Waals surface area contributed by atoms with Crippen LogP contribution in [0.4, 0.5) is 4.39 Å². The van der Waals surface area contributed by atoms with Gasteiger partial charge in [0.15, 0.2) is 11.6 Å². The zero-order chi connectivity index (χ0) is 10.6. The summed E-state index contributed by atoms with van der Waals surface area (Å²) in [7, 11) is 1.32. The molecular formula is C10H11FO3. The smallest absolute Gasteiger partial charge is 0.165 e. The van der Waals surface area contributed by atoms with Gasteiger partial charge < -0.3 is 14.6 Å². The van der Waals surface area contributed by atoms with Crippen LogP contribution in [0.15, 0.2) is 12.1 Å². The zero-order valence-corrected chi connectivity index (χ0v) is 7.79. The van der Waals surface area contributed by atoms with Gasteiger partial charge >= 0.3 is 0 Å². The third kappa shape index (κ3) is 2.22. The molecule has 1 rings (SSSR count). The first-order valence-electron chi connectivity index (χ1n) is 4.18. The number of aryl methyl sites for hydroxylation is 1. The zero-order valence-electron chi connectivity index (χ0n) is 7.79. The highest BCUT2D eigenvalue weighted by molar-refractivity contribution is 5.51. The van der Waals surface area contributed by atoms with Crippen LogP contribution < -0.4 is 4.74 Å². The molecule has 0 heterocycles. The van der Waals surface area contributed by atoms with E-state index < -0.39 is 5.82 Å². The van der Waals surface area contributed by atoms with E-state index in [1.807, 2.05) is 0 Å². The van der Waals surface area contributed by atoms with Crippen LogP contribution in [0.2, 0.25) is 0 Å². The lowest BCUT2D eigenvalue weighted by Gasteiger charge is -2.06. The molecule has 0 unspecified atom stereocenters. The van der Waals surface area contributed by atoms with Gasteiger partial charge in [-0.1, -0.05) is 0 Å². The predicted octanol–water partition coefficient (Wildman–Crippen LogP) is 1.67. The summed E-state index contributed by atoms with van der Waals surface area (Å²) in [6.45, 7) is 0. The van der Waals surface area contributed by atoms with E-state index in [0.29, 0.717) is 12.0 Å². The summed E-state index contributed by atoms with van der Waals surface area (Å²) in [6.07, 6.45) is 1.32. The molecule has 1 N–H and O–H groups in total. The van der Waals surface area contributed by atoms with E-state index in [1.54, 1.807) is 0 Å². The molecule has 1 aromatic rings. The van der Waals surface area contributed by atoms with E-state index in [2.05, 4.69) is 4.74 Å². The number of carbonyl (C=O) groups excluding carboxylic acids is 1. The molecule has 0 amide bonds. The topological polar surface area (TPSA) is 46.5 Å². The minimum absolute atomic E-state index is 0.00245. The molecule has 0 aliphatic carbocycles. The predicted molar refractivity (Wildman–Crippen MR) is 49.0 cm³/mol. The highest BCUT2D eigenvalue weighted by Crippen LogP contribution is 2.27. The molecule has 3 nitrogen and oxygen atoms in total. The van der Waals surface area contributed by atoms with Crippen LogP contribution in [-0.4, -0.2) is 18.5 Å². The summed E-state index contributed by atoms with van der Waals surface area (Å²) in [5, 5.41) is 9.41. The molecule has 0 aromatic heterocycles. The Bertz CT molecular complexity index is 336. The number of halogens is 1. The van der Waals surface area contributed by atoms with Gasteiger partial charge in [0.1, 0.15) is 12.0 Å². The Hall–Kier alpha value is -1.58. The van der Waals surface area contributed by atoms with Crippen LogP contribution in [-0.2, 0) is 11.2 Å². The molecule has 0 atom stereocenters. The first kappa shape index (κ1) is 10.5. The van der Waals surface area contributed by atoms with Crippen molar-refractivity contribution in [1.29, 1.82) is 0 Å². The number of ether oxygens (including phenoxy) is 1. The van der Waals surface area contributed by atoms with E-state index in [9.17, 15) is 14.3 Å². The first-order valence-corrected chi connectivity index (χ1v) is 4.18. The molecule has 1 aromatic carbocycles. The molecule has 4 heteroatoms. The number of rotatable bonds is 4. The lowest BCUT2D eigenvalue weighted by molar-refractivity contribution is -0.107. The molecule has 0 radical (unpaired) electrons. The van der Waals surface area contributed by atoms with Crippen LogP contribution in [0.25, 0.3) is 0 Å². The molecule has 0 aliphatic rings. The van der Waals surface area contributed by atoms with E-state index >= 15 is 0 Å². The molecule has 76 valence electrons. The van der Waals surface area contributed by atoms with Gasteiger partial charge in [0.25, 0.3) is 0 Å². The van der Waals surface area contributed by atoms with Gasteiger partial charge in [-0.2, -0.15) is 0 Å². The lowest BCUT2D eigenvalue weighted by atomic mass is 10.1. The van der Waals surface area contributed by atoms with Crippen molar-refractivity contribution in [2.75, 3.05) is 7.11 Å². The van der Waals surface area contributed by atoms with Crippen molar-refractivity contribution in [2.45, 2.75) is 12.8 Å². The summed E-state index contributed by atoms with van der Waals surface area (Å²) in [5.74, 6) is -0.589. The molecule has 0 bridgehead atoms. The van der Waals surface area contributed by atoms with E-state index in [-0.39, 0.29) is 17.9 Å². The fourth-order valence-corrected chi connectivity index (χ4v) is 1.15. The van der Waals surface area contributed by atoms with E-state index in [1.165, 1.54) is 19.2 Å². The van der Waals surface area contributed by atoms with Crippen LogP contribution in [0.3, 0.4) is 0 Å². The minimum Gasteiger partial charge on any atom is -0.508 e. The Labute approximate surface area is 81.1 Å². The van der Waals surface area contributed by atoms with Crippen molar-refractivity contribution < 1.29 is 19.0 Å². The number of aldehydes is 1. The fourth-order valence-electron chi connectivity index (χ4n) is 1.15. The highest BCUT2D eigenvalue weighted by Gasteiger charge is 2.08. The molecule has 0 saturated carbocycles. The number of methoxy groups -OCH3 is 1. The van der Waals surface area contributed by atoms with Crippen molar-refractivity contribution in [3.8, 4) is 11.5 Å². The summed E-state index contributed by atoms with van der Waals surface area (Å²) in [6, 6.07) is 2.38. The molecule has 0 aliphatic heterocycles. The number of hydrogen-bond acceptors (Lipinski definition) is 3. The third-order valence-corrected chi connectivity index (χ3v) is 1.88. The normalized spacial score (nSPS) is 9.86. The maximum absolute atomic E-state index is 13.1. The second-order valence-corrected chi connectivity index (χ2v) is 2.82. The number of aromatic hydroxyl groups is 1. The maximum atomic E-state index is 13.1. The van der Waals surface area contributed by atoms with Crippen molar-refractivity contribution in [2.24, 2.45) is 0 Å². The van der Waals surface area contributed by atoms with Crippen LogP contribution in [0, 0.1) is 5.82 Å². The van der Waals surface area contributed by atoms with Crippen LogP contribution >= 0.6 is 0 Å². The fraction of sp³-hybridized carbons (Fsp3) is 0.300. The summed E-state index contributed by atoms with van der Waals surface area (Å²) >= 11 is 0. The lowest BCUT2D eigenvalue weighted by Crippen LogP contribution is -1.93. The summed E-state index contributed by atoms with van der Waals surface area (Å²) < 4.78 is 17.8. The average molecular weight is 198 g/mol. The monoisotopic (exact) mass is 198 g/mol. The Balaban J connectivity index is 2.96. The van der Waals surface area contributed by atoms with Crippen molar-refractivity contribution >= 4 is 6.29 Å². The van der Waals surface area contributed by atoms with Gasteiger partial charge in [0, 0.05) is 12.5 Å². The Morgan fingerprint density at radius 1 is 1.57 bits per heavy atom. The highest BCUT2D eigenvalue weighted by atomic mass is 19.1. The van der Waals surface area contributed by atoms with E-state index in [4.69, 9.17) is 0 Å². The van der Waals surface area contributed by atoms with Crippen LogP contribution in [0.5, 0.6) is 11.5 Å². The number of benzene rings is 1. The number of phenols is 1. The SMILES string of the molecule is COc1cc(O)c(CCC=O)cc1F. The third-order valence-electron chi connectivity index (χ3n) is 1.88. The van der Waals surface area contributed by atoms with Gasteiger partial charge in [-0.3, -0.25) is 0 Å². The minimum atomic E-state index is -0.536. The number of phenolic OH excluding ortho intramolecular Hbond substituents is 1.